The van der Waals surface area contributed by atoms with Crippen molar-refractivity contribution in [3.05, 3.63) is 53.8 Å². The van der Waals surface area contributed by atoms with E-state index in [1.807, 2.05) is 13.8 Å². The lowest BCUT2D eigenvalue weighted by molar-refractivity contribution is -0.169. The molecule has 1 amide bonds. The lowest BCUT2D eigenvalue weighted by Gasteiger charge is -2.31. The van der Waals surface area contributed by atoms with E-state index < -0.39 is 40.2 Å². The zero-order valence-electron chi connectivity index (χ0n) is 26.4. The molecule has 2 saturated heterocycles. The summed E-state index contributed by atoms with van der Waals surface area (Å²) in [5.41, 5.74) is 1.38. The Labute approximate surface area is 273 Å². The van der Waals surface area contributed by atoms with Crippen molar-refractivity contribution < 1.29 is 41.3 Å². The van der Waals surface area contributed by atoms with Gasteiger partial charge in [0, 0.05) is 43.0 Å². The molecule has 4 fully saturated rings. The Kier molecular flexibility index (Phi) is 8.89. The first-order valence-corrected chi connectivity index (χ1v) is 17.8. The number of carbonyl (C=O) groups excluding carboxylic acids is 1. The Morgan fingerprint density at radius 3 is 2.70 bits per heavy atom. The summed E-state index contributed by atoms with van der Waals surface area (Å²) in [5, 5.41) is 17.6. The molecule has 2 saturated carbocycles. The van der Waals surface area contributed by atoms with Gasteiger partial charge in [-0.05, 0) is 61.4 Å². The van der Waals surface area contributed by atoms with Gasteiger partial charge in [0.2, 0.25) is 10.0 Å². The van der Waals surface area contributed by atoms with Crippen molar-refractivity contribution in [3.63, 3.8) is 0 Å². The fourth-order valence-electron chi connectivity index (χ4n) is 7.05. The molecule has 3 heterocycles. The topological polar surface area (TPSA) is 152 Å². The summed E-state index contributed by atoms with van der Waals surface area (Å²) in [7, 11) is -4.13. The standard InChI is InChI=1S/C33H41FN4O8S/c1-18(2)14-38(47(41,42)23-8-9-26-29(13-23)45-32(36-26)35-22-6-7-22)15-28(39)27(11-19-4-3-5-21(34)10-19)37-33(40)46-30-20-12-24-25(30)17-44-31(24)43-16-20/h3-5,8-10,13,18,20,22,24-25,27-28,30-31,39H,6-7,11-12,14-17H2,1-2H3,(H,35,36)(H,37,40)/t20?,24?,25?,27-,28+,30?,31?/m0/s1. The van der Waals surface area contributed by atoms with Gasteiger partial charge in [-0.25, -0.2) is 17.6 Å². The van der Waals surface area contributed by atoms with E-state index in [4.69, 9.17) is 18.6 Å². The smallest absolute Gasteiger partial charge is 0.407 e. The molecule has 12 nitrogen and oxygen atoms in total. The Morgan fingerprint density at radius 2 is 1.94 bits per heavy atom. The Bertz CT molecular complexity index is 1720. The summed E-state index contributed by atoms with van der Waals surface area (Å²) >= 11 is 0. The number of sulfonamides is 1. The third-order valence-corrected chi connectivity index (χ3v) is 11.3. The third-order valence-electron chi connectivity index (χ3n) is 9.51. The SMILES string of the molecule is CC(C)CN(C[C@@H](O)[C@H](Cc1cccc(F)c1)NC(=O)OC1C2COC3OCC1C3C2)S(=O)(=O)c1ccc2nc(NC3CC3)oc2c1. The monoisotopic (exact) mass is 672 g/mol. The summed E-state index contributed by atoms with van der Waals surface area (Å²) in [6, 6.07) is 10.0. The summed E-state index contributed by atoms with van der Waals surface area (Å²) in [5.74, 6) is -0.293. The number of hydrogen-bond donors (Lipinski definition) is 3. The van der Waals surface area contributed by atoms with Crippen LogP contribution in [0.4, 0.5) is 15.2 Å². The van der Waals surface area contributed by atoms with Crippen molar-refractivity contribution in [2.45, 2.75) is 75.0 Å². The highest BCUT2D eigenvalue weighted by atomic mass is 32.2. The number of carbonyl (C=O) groups is 1. The maximum absolute atomic E-state index is 14.1. The number of hydrogen-bond acceptors (Lipinski definition) is 10. The van der Waals surface area contributed by atoms with Crippen molar-refractivity contribution in [2.24, 2.45) is 23.7 Å². The molecule has 3 aromatic rings. The molecular formula is C33H41FN4O8S. The van der Waals surface area contributed by atoms with E-state index in [9.17, 15) is 22.7 Å². The molecular weight excluding hydrogens is 631 g/mol. The molecule has 2 bridgehead atoms. The largest absolute Gasteiger partial charge is 0.445 e. The first kappa shape index (κ1) is 32.3. The number of nitrogens with zero attached hydrogens (tertiary/aromatic N) is 2. The zero-order chi connectivity index (χ0) is 32.9. The molecule has 2 aliphatic heterocycles. The molecule has 3 N–H and O–H groups in total. The molecule has 4 aliphatic rings. The Morgan fingerprint density at radius 1 is 1.13 bits per heavy atom. The number of halogens is 1. The normalized spacial score (nSPS) is 26.6. The van der Waals surface area contributed by atoms with E-state index in [1.54, 1.807) is 18.2 Å². The summed E-state index contributed by atoms with van der Waals surface area (Å²) in [6.07, 6.45) is 0.179. The summed E-state index contributed by atoms with van der Waals surface area (Å²) in [6.45, 7) is 4.41. The molecule has 47 heavy (non-hydrogen) atoms. The van der Waals surface area contributed by atoms with Crippen LogP contribution in [0.1, 0.15) is 38.7 Å². The summed E-state index contributed by atoms with van der Waals surface area (Å²) in [4.78, 5) is 17.8. The Hall–Kier alpha value is -3.30. The number of oxazole rings is 1. The number of ether oxygens (including phenoxy) is 3. The van der Waals surface area contributed by atoms with Gasteiger partial charge >= 0.3 is 6.09 Å². The second-order valence-electron chi connectivity index (χ2n) is 13.7. The van der Waals surface area contributed by atoms with Gasteiger partial charge in [-0.15, -0.1) is 0 Å². The molecule has 7 rings (SSSR count). The van der Waals surface area contributed by atoms with E-state index in [0.717, 1.165) is 19.3 Å². The van der Waals surface area contributed by atoms with Crippen LogP contribution in [0, 0.1) is 29.5 Å². The van der Waals surface area contributed by atoms with Crippen LogP contribution in [-0.4, -0.2) is 85.8 Å². The fourth-order valence-corrected chi connectivity index (χ4v) is 8.69. The molecule has 7 atom stereocenters. The fraction of sp³-hybridized carbons (Fsp3) is 0.576. The minimum atomic E-state index is -4.13. The van der Waals surface area contributed by atoms with Gasteiger partial charge in [0.15, 0.2) is 11.9 Å². The van der Waals surface area contributed by atoms with Crippen LogP contribution in [0.3, 0.4) is 0 Å². The molecule has 1 aromatic heterocycles. The van der Waals surface area contributed by atoms with Crippen LogP contribution in [0.5, 0.6) is 0 Å². The molecule has 5 unspecified atom stereocenters. The molecule has 0 radical (unpaired) electrons. The van der Waals surface area contributed by atoms with Crippen LogP contribution in [0.15, 0.2) is 51.8 Å². The van der Waals surface area contributed by atoms with Crippen LogP contribution in [0.25, 0.3) is 11.1 Å². The number of nitrogens with one attached hydrogen (secondary N) is 2. The summed E-state index contributed by atoms with van der Waals surface area (Å²) < 4.78 is 66.7. The molecule has 0 spiro atoms. The average Bonchev–Trinajstić information content (AvgIpc) is 3.48. The van der Waals surface area contributed by atoms with Crippen molar-refractivity contribution in [3.8, 4) is 0 Å². The molecule has 2 aromatic carbocycles. The van der Waals surface area contributed by atoms with Gasteiger partial charge in [0.1, 0.15) is 17.4 Å². The van der Waals surface area contributed by atoms with Gasteiger partial charge in [0.25, 0.3) is 6.01 Å². The number of benzene rings is 2. The van der Waals surface area contributed by atoms with Crippen molar-refractivity contribution in [1.82, 2.24) is 14.6 Å². The minimum Gasteiger partial charge on any atom is -0.445 e. The van der Waals surface area contributed by atoms with E-state index >= 15 is 0 Å². The quantitative estimate of drug-likeness (QED) is 0.244. The second kappa shape index (κ2) is 13.0. The van der Waals surface area contributed by atoms with Crippen LogP contribution >= 0.6 is 0 Å². The van der Waals surface area contributed by atoms with Gasteiger partial charge < -0.3 is 34.4 Å². The van der Waals surface area contributed by atoms with Gasteiger partial charge in [-0.2, -0.15) is 9.29 Å². The lowest BCUT2D eigenvalue weighted by atomic mass is 9.98. The van der Waals surface area contributed by atoms with E-state index in [2.05, 4.69) is 15.6 Å². The number of aliphatic hydroxyl groups excluding tert-OH is 1. The molecule has 2 aliphatic carbocycles. The number of aromatic nitrogens is 1. The second-order valence-corrected chi connectivity index (χ2v) is 15.6. The minimum absolute atomic E-state index is 0.00678. The predicted molar refractivity (Wildman–Crippen MR) is 168 cm³/mol. The van der Waals surface area contributed by atoms with Crippen molar-refractivity contribution >= 4 is 33.2 Å². The van der Waals surface area contributed by atoms with Crippen LogP contribution in [0.2, 0.25) is 0 Å². The van der Waals surface area contributed by atoms with Crippen molar-refractivity contribution in [2.75, 3.05) is 31.6 Å². The number of alkyl carbamates (subject to hydrolysis) is 1. The highest BCUT2D eigenvalue weighted by molar-refractivity contribution is 7.89. The highest BCUT2D eigenvalue weighted by Gasteiger charge is 2.56. The predicted octanol–water partition coefficient (Wildman–Crippen LogP) is 3.89. The maximum Gasteiger partial charge on any atom is 0.407 e. The molecule has 14 heteroatoms. The van der Waals surface area contributed by atoms with Crippen LogP contribution < -0.4 is 10.6 Å². The number of aliphatic hydroxyl groups is 1. The van der Waals surface area contributed by atoms with Gasteiger partial charge in [0.05, 0.1) is 30.3 Å². The number of amides is 1. The first-order chi connectivity index (χ1) is 22.5. The number of anilines is 1. The number of rotatable bonds is 13. The van der Waals surface area contributed by atoms with E-state index in [0.29, 0.717) is 41.9 Å². The number of fused-ring (bicyclic) bond motifs is 2. The Balaban J connectivity index is 1.10. The highest BCUT2D eigenvalue weighted by Crippen LogP contribution is 2.49. The van der Waals surface area contributed by atoms with Gasteiger partial charge in [-0.3, -0.25) is 0 Å². The first-order valence-electron chi connectivity index (χ1n) is 16.3. The third kappa shape index (κ3) is 6.98. The van der Waals surface area contributed by atoms with E-state index in [1.165, 1.54) is 28.6 Å². The van der Waals surface area contributed by atoms with E-state index in [-0.39, 0.29) is 54.4 Å². The maximum atomic E-state index is 14.1. The molecule has 254 valence electrons. The average molecular weight is 673 g/mol. The van der Waals surface area contributed by atoms with Crippen molar-refractivity contribution in [1.29, 1.82) is 0 Å². The van der Waals surface area contributed by atoms with Gasteiger partial charge in [-0.1, -0.05) is 26.0 Å². The lowest BCUT2D eigenvalue weighted by Crippen LogP contribution is -2.52. The zero-order valence-corrected chi connectivity index (χ0v) is 27.2. The van der Waals surface area contributed by atoms with Crippen LogP contribution in [-0.2, 0) is 30.7 Å².